The van der Waals surface area contributed by atoms with Gasteiger partial charge in [-0.1, -0.05) is 30.3 Å². The van der Waals surface area contributed by atoms with E-state index in [1.807, 2.05) is 34.9 Å². The standard InChI is InChI=1S/C25H27N3O5/c1-25(27(2)3,26-23(31)17-7-5-4-6-8-17)28-18(15-16-9-12-19(29)13-10-16)11-14-20-21(28)22(30)24(32)33-20/h4-10,12-13,18,29H,11,14-15H2,1-3H3,(H,26,31). The SMILES string of the molecule is CN(C)C(C)(NC(=O)c1ccccc1)N1C2=C(CCC1Cc1ccc(O)cc1)OC(=O)C2=O. The van der Waals surface area contributed by atoms with Crippen molar-refractivity contribution in [2.45, 2.75) is 38.0 Å². The Morgan fingerprint density at radius 1 is 1.15 bits per heavy atom. The lowest BCUT2D eigenvalue weighted by atomic mass is 9.92. The van der Waals surface area contributed by atoms with E-state index >= 15 is 0 Å². The Balaban J connectivity index is 1.75. The molecule has 0 fully saturated rings. The van der Waals surface area contributed by atoms with Gasteiger partial charge in [-0.05, 0) is 63.7 Å². The number of rotatable bonds is 6. The number of ether oxygens (including phenoxy) is 1. The fourth-order valence-corrected chi connectivity index (χ4v) is 4.39. The van der Waals surface area contributed by atoms with Crippen LogP contribution in [0.15, 0.2) is 66.1 Å². The molecule has 0 bridgehead atoms. The van der Waals surface area contributed by atoms with Crippen LogP contribution in [0.4, 0.5) is 0 Å². The largest absolute Gasteiger partial charge is 0.508 e. The Morgan fingerprint density at radius 2 is 1.82 bits per heavy atom. The second-order valence-corrected chi connectivity index (χ2v) is 8.66. The van der Waals surface area contributed by atoms with Gasteiger partial charge >= 0.3 is 5.97 Å². The lowest BCUT2D eigenvalue weighted by Gasteiger charge is -2.52. The van der Waals surface area contributed by atoms with Crippen molar-refractivity contribution < 1.29 is 24.2 Å². The third-order valence-electron chi connectivity index (χ3n) is 6.33. The van der Waals surface area contributed by atoms with Crippen LogP contribution < -0.4 is 5.32 Å². The molecule has 2 atom stereocenters. The molecule has 2 aliphatic rings. The molecule has 2 aliphatic heterocycles. The Labute approximate surface area is 192 Å². The maximum atomic E-state index is 13.2. The maximum Gasteiger partial charge on any atom is 0.386 e. The molecule has 8 heteroatoms. The number of phenols is 1. The van der Waals surface area contributed by atoms with Crippen LogP contribution in [-0.4, -0.2) is 58.5 Å². The topological polar surface area (TPSA) is 99.2 Å². The van der Waals surface area contributed by atoms with E-state index in [0.29, 0.717) is 30.6 Å². The van der Waals surface area contributed by atoms with Crippen LogP contribution >= 0.6 is 0 Å². The summed E-state index contributed by atoms with van der Waals surface area (Å²) in [5.41, 5.74) is 1.64. The molecule has 4 rings (SSSR count). The quantitative estimate of drug-likeness (QED) is 0.397. The molecular formula is C25H27N3O5. The van der Waals surface area contributed by atoms with Gasteiger partial charge in [0.1, 0.15) is 17.2 Å². The number of nitrogens with one attached hydrogen (secondary N) is 1. The number of benzene rings is 2. The molecule has 2 heterocycles. The Bertz CT molecular complexity index is 1110. The number of ketones is 1. The molecule has 172 valence electrons. The molecule has 1 amide bonds. The van der Waals surface area contributed by atoms with Gasteiger partial charge in [0.15, 0.2) is 5.79 Å². The number of Topliss-reactive ketones (excluding diaryl/α,β-unsaturated/α-hetero) is 1. The van der Waals surface area contributed by atoms with E-state index < -0.39 is 17.5 Å². The highest BCUT2D eigenvalue weighted by Crippen LogP contribution is 2.39. The number of phenolic OH excluding ortho intramolecular Hbond substituents is 1. The highest BCUT2D eigenvalue weighted by Gasteiger charge is 2.50. The average Bonchev–Trinajstić information content (AvgIpc) is 3.09. The van der Waals surface area contributed by atoms with Crippen molar-refractivity contribution in [3.8, 4) is 5.75 Å². The maximum absolute atomic E-state index is 13.2. The molecule has 0 aromatic heterocycles. The summed E-state index contributed by atoms with van der Waals surface area (Å²) in [6, 6.07) is 15.5. The monoisotopic (exact) mass is 449 g/mol. The fourth-order valence-electron chi connectivity index (χ4n) is 4.39. The zero-order chi connectivity index (χ0) is 23.8. The molecular weight excluding hydrogens is 422 g/mol. The van der Waals surface area contributed by atoms with E-state index in [1.54, 1.807) is 50.5 Å². The van der Waals surface area contributed by atoms with Crippen LogP contribution in [0.2, 0.25) is 0 Å². The smallest absolute Gasteiger partial charge is 0.386 e. The summed E-state index contributed by atoms with van der Waals surface area (Å²) in [6.45, 7) is 1.81. The zero-order valence-electron chi connectivity index (χ0n) is 18.9. The Morgan fingerprint density at radius 3 is 2.45 bits per heavy atom. The highest BCUT2D eigenvalue weighted by molar-refractivity contribution is 6.42. The lowest BCUT2D eigenvalue weighted by Crippen LogP contribution is -2.69. The van der Waals surface area contributed by atoms with E-state index in [-0.39, 0.29) is 23.4 Å². The van der Waals surface area contributed by atoms with Crippen molar-refractivity contribution in [2.24, 2.45) is 0 Å². The third-order valence-corrected chi connectivity index (χ3v) is 6.33. The predicted molar refractivity (Wildman–Crippen MR) is 121 cm³/mol. The Kier molecular flexibility index (Phi) is 5.95. The second kappa shape index (κ2) is 8.71. The molecule has 33 heavy (non-hydrogen) atoms. The number of carbonyl (C=O) groups excluding carboxylic acids is 3. The van der Waals surface area contributed by atoms with Crippen molar-refractivity contribution in [3.63, 3.8) is 0 Å². The Hall–Kier alpha value is -3.65. The minimum Gasteiger partial charge on any atom is -0.508 e. The summed E-state index contributed by atoms with van der Waals surface area (Å²) in [5, 5.41) is 12.7. The molecule has 2 aromatic rings. The number of amides is 1. The van der Waals surface area contributed by atoms with Crippen LogP contribution in [0, 0.1) is 0 Å². The molecule has 0 saturated carbocycles. The molecule has 2 aromatic carbocycles. The minimum absolute atomic E-state index is 0.169. The van der Waals surface area contributed by atoms with Crippen LogP contribution in [0.25, 0.3) is 0 Å². The molecule has 2 unspecified atom stereocenters. The summed E-state index contributed by atoms with van der Waals surface area (Å²) < 4.78 is 5.27. The van der Waals surface area contributed by atoms with E-state index in [1.165, 1.54) is 0 Å². The van der Waals surface area contributed by atoms with E-state index in [9.17, 15) is 19.5 Å². The summed E-state index contributed by atoms with van der Waals surface area (Å²) >= 11 is 0. The van der Waals surface area contributed by atoms with E-state index in [2.05, 4.69) is 5.32 Å². The molecule has 0 radical (unpaired) electrons. The van der Waals surface area contributed by atoms with Crippen LogP contribution in [0.3, 0.4) is 0 Å². The van der Waals surface area contributed by atoms with Crippen LogP contribution in [0.1, 0.15) is 35.7 Å². The number of esters is 1. The summed E-state index contributed by atoms with van der Waals surface area (Å²) in [6.07, 6.45) is 1.61. The van der Waals surface area contributed by atoms with Crippen molar-refractivity contribution >= 4 is 17.7 Å². The lowest BCUT2D eigenvalue weighted by molar-refractivity contribution is -0.147. The fraction of sp³-hybridized carbons (Fsp3) is 0.320. The average molecular weight is 450 g/mol. The van der Waals surface area contributed by atoms with Gasteiger partial charge in [-0.3, -0.25) is 14.5 Å². The molecule has 8 nitrogen and oxygen atoms in total. The molecule has 2 N–H and O–H groups in total. The summed E-state index contributed by atoms with van der Waals surface area (Å²) in [5.74, 6) is -2.54. The zero-order valence-corrected chi connectivity index (χ0v) is 18.9. The van der Waals surface area contributed by atoms with Crippen LogP contribution in [0.5, 0.6) is 5.75 Å². The molecule has 0 saturated heterocycles. The van der Waals surface area contributed by atoms with Gasteiger partial charge in [0.25, 0.3) is 11.7 Å². The van der Waals surface area contributed by atoms with Gasteiger partial charge < -0.3 is 20.1 Å². The number of allylic oxidation sites excluding steroid dienone is 1. The highest BCUT2D eigenvalue weighted by atomic mass is 16.5. The van der Waals surface area contributed by atoms with Gasteiger partial charge in [0, 0.05) is 18.0 Å². The third kappa shape index (κ3) is 4.21. The molecule has 0 aliphatic carbocycles. The van der Waals surface area contributed by atoms with Gasteiger partial charge in [0.05, 0.1) is 0 Å². The number of hydrogen-bond donors (Lipinski definition) is 2. The van der Waals surface area contributed by atoms with Gasteiger partial charge in [0.2, 0.25) is 0 Å². The van der Waals surface area contributed by atoms with E-state index in [4.69, 9.17) is 4.74 Å². The predicted octanol–water partition coefficient (Wildman–Crippen LogP) is 2.40. The van der Waals surface area contributed by atoms with Crippen LogP contribution in [-0.2, 0) is 20.7 Å². The van der Waals surface area contributed by atoms with Crippen molar-refractivity contribution in [1.29, 1.82) is 0 Å². The van der Waals surface area contributed by atoms with Crippen molar-refractivity contribution in [2.75, 3.05) is 14.1 Å². The van der Waals surface area contributed by atoms with Gasteiger partial charge in [-0.25, -0.2) is 4.79 Å². The first kappa shape index (κ1) is 22.5. The summed E-state index contributed by atoms with van der Waals surface area (Å²) in [4.78, 5) is 41.8. The number of carbonyl (C=O) groups is 3. The first-order valence-corrected chi connectivity index (χ1v) is 10.8. The van der Waals surface area contributed by atoms with Gasteiger partial charge in [-0.2, -0.15) is 0 Å². The van der Waals surface area contributed by atoms with E-state index in [0.717, 1.165) is 5.56 Å². The number of hydrogen-bond acceptors (Lipinski definition) is 7. The van der Waals surface area contributed by atoms with Gasteiger partial charge in [-0.15, -0.1) is 0 Å². The van der Waals surface area contributed by atoms with Crippen molar-refractivity contribution in [3.05, 3.63) is 77.2 Å². The first-order valence-electron chi connectivity index (χ1n) is 10.8. The minimum atomic E-state index is -1.14. The normalized spacial score (nSPS) is 19.9. The summed E-state index contributed by atoms with van der Waals surface area (Å²) in [7, 11) is 3.61. The molecule has 0 spiro atoms. The number of nitrogens with zero attached hydrogens (tertiary/aromatic N) is 2. The number of aromatic hydroxyl groups is 1. The van der Waals surface area contributed by atoms with Crippen molar-refractivity contribution in [1.82, 2.24) is 15.1 Å². The second-order valence-electron chi connectivity index (χ2n) is 8.66. The first-order chi connectivity index (χ1) is 15.7.